The number of fused-ring (bicyclic) bond motifs is 1. The van der Waals surface area contributed by atoms with Crippen LogP contribution in [0.3, 0.4) is 0 Å². The summed E-state index contributed by atoms with van der Waals surface area (Å²) in [5.74, 6) is 2.36. The summed E-state index contributed by atoms with van der Waals surface area (Å²) in [4.78, 5) is 19.5. The zero-order valence-corrected chi connectivity index (χ0v) is 16.9. The molecule has 4 rings (SSSR count). The molecule has 1 aromatic heterocycles. The SMILES string of the molecule is COc1ccc(C2CCCN2C(=O)CSCc2nc3ccccc3s2)cc1. The molecule has 2 heterocycles. The van der Waals surface area contributed by atoms with Gasteiger partial charge in [0.05, 0.1) is 29.1 Å². The van der Waals surface area contributed by atoms with Crippen molar-refractivity contribution in [2.45, 2.75) is 24.6 Å². The van der Waals surface area contributed by atoms with Gasteiger partial charge in [-0.25, -0.2) is 4.98 Å². The molecule has 27 heavy (non-hydrogen) atoms. The van der Waals surface area contributed by atoms with Gasteiger partial charge in [0.25, 0.3) is 0 Å². The average Bonchev–Trinajstić information content (AvgIpc) is 3.34. The Morgan fingerprint density at radius 3 is 2.85 bits per heavy atom. The van der Waals surface area contributed by atoms with Gasteiger partial charge in [0.1, 0.15) is 10.8 Å². The molecule has 0 spiro atoms. The lowest BCUT2D eigenvalue weighted by molar-refractivity contribution is -0.129. The van der Waals surface area contributed by atoms with E-state index in [9.17, 15) is 4.79 Å². The van der Waals surface area contributed by atoms with Crippen molar-refractivity contribution in [3.05, 3.63) is 59.1 Å². The number of para-hydroxylation sites is 1. The van der Waals surface area contributed by atoms with Crippen LogP contribution in [0.2, 0.25) is 0 Å². The van der Waals surface area contributed by atoms with Crippen molar-refractivity contribution in [3.63, 3.8) is 0 Å². The predicted octanol–water partition coefficient (Wildman–Crippen LogP) is 4.90. The van der Waals surface area contributed by atoms with Crippen molar-refractivity contribution in [2.75, 3.05) is 19.4 Å². The number of ether oxygens (including phenoxy) is 1. The van der Waals surface area contributed by atoms with E-state index in [1.807, 2.05) is 35.2 Å². The molecule has 1 unspecified atom stereocenters. The minimum absolute atomic E-state index is 0.187. The molecule has 1 atom stereocenters. The first-order valence-electron chi connectivity index (χ1n) is 9.10. The van der Waals surface area contributed by atoms with Crippen molar-refractivity contribution in [1.82, 2.24) is 9.88 Å². The third kappa shape index (κ3) is 4.12. The van der Waals surface area contributed by atoms with Gasteiger partial charge in [-0.05, 0) is 42.7 Å². The van der Waals surface area contributed by atoms with Crippen molar-refractivity contribution in [1.29, 1.82) is 0 Å². The predicted molar refractivity (Wildman–Crippen MR) is 112 cm³/mol. The third-order valence-electron chi connectivity index (χ3n) is 4.86. The largest absolute Gasteiger partial charge is 0.497 e. The highest BCUT2D eigenvalue weighted by Crippen LogP contribution is 2.33. The fourth-order valence-corrected chi connectivity index (χ4v) is 5.46. The number of methoxy groups -OCH3 is 1. The molecular formula is C21H22N2O2S2. The van der Waals surface area contributed by atoms with Crippen LogP contribution in [0, 0.1) is 0 Å². The summed E-state index contributed by atoms with van der Waals surface area (Å²) in [5.41, 5.74) is 2.24. The molecule has 1 aliphatic rings. The van der Waals surface area contributed by atoms with E-state index < -0.39 is 0 Å². The maximum absolute atomic E-state index is 12.8. The second-order valence-corrected chi connectivity index (χ2v) is 8.69. The standard InChI is InChI=1S/C21H22N2O2S2/c1-25-16-10-8-15(9-11-16)18-6-4-12-23(18)21(24)14-26-13-20-22-17-5-2-3-7-19(17)27-20/h2-3,5,7-11,18H,4,6,12-14H2,1H3. The van der Waals surface area contributed by atoms with Crippen molar-refractivity contribution in [3.8, 4) is 5.75 Å². The van der Waals surface area contributed by atoms with Gasteiger partial charge in [-0.3, -0.25) is 4.79 Å². The third-order valence-corrected chi connectivity index (χ3v) is 7.01. The Morgan fingerprint density at radius 2 is 2.07 bits per heavy atom. The smallest absolute Gasteiger partial charge is 0.233 e. The van der Waals surface area contributed by atoms with E-state index in [1.54, 1.807) is 30.2 Å². The van der Waals surface area contributed by atoms with Gasteiger partial charge >= 0.3 is 0 Å². The first kappa shape index (κ1) is 18.3. The number of hydrogen-bond acceptors (Lipinski definition) is 5. The van der Waals surface area contributed by atoms with Gasteiger partial charge in [0.2, 0.25) is 5.91 Å². The second-order valence-electron chi connectivity index (χ2n) is 6.59. The van der Waals surface area contributed by atoms with E-state index >= 15 is 0 Å². The van der Waals surface area contributed by atoms with Gasteiger partial charge in [0.15, 0.2) is 0 Å². The lowest BCUT2D eigenvalue weighted by Gasteiger charge is -2.25. The molecule has 140 valence electrons. The van der Waals surface area contributed by atoms with Crippen LogP contribution in [0.4, 0.5) is 0 Å². The van der Waals surface area contributed by atoms with Crippen LogP contribution in [0.1, 0.15) is 29.5 Å². The van der Waals surface area contributed by atoms with Crippen molar-refractivity contribution in [2.24, 2.45) is 0 Å². The minimum Gasteiger partial charge on any atom is -0.497 e. The lowest BCUT2D eigenvalue weighted by atomic mass is 10.0. The number of nitrogens with zero attached hydrogens (tertiary/aromatic N) is 2. The number of aromatic nitrogens is 1. The van der Waals surface area contributed by atoms with Gasteiger partial charge in [-0.1, -0.05) is 24.3 Å². The van der Waals surface area contributed by atoms with E-state index in [0.29, 0.717) is 5.75 Å². The summed E-state index contributed by atoms with van der Waals surface area (Å²) in [6.45, 7) is 0.844. The molecule has 0 bridgehead atoms. The molecule has 1 amide bonds. The van der Waals surface area contributed by atoms with E-state index in [2.05, 4.69) is 23.2 Å². The highest BCUT2D eigenvalue weighted by Gasteiger charge is 2.29. The Kier molecular flexibility index (Phi) is 5.64. The van der Waals surface area contributed by atoms with Gasteiger partial charge in [-0.2, -0.15) is 0 Å². The number of benzene rings is 2. The number of carbonyl (C=O) groups is 1. The number of thiazole rings is 1. The van der Waals surface area contributed by atoms with Crippen LogP contribution in [0.25, 0.3) is 10.2 Å². The molecule has 3 aromatic rings. The highest BCUT2D eigenvalue weighted by atomic mass is 32.2. The van der Waals surface area contributed by atoms with Crippen molar-refractivity contribution < 1.29 is 9.53 Å². The van der Waals surface area contributed by atoms with Crippen LogP contribution >= 0.6 is 23.1 Å². The van der Waals surface area contributed by atoms with E-state index in [4.69, 9.17) is 4.74 Å². The summed E-state index contributed by atoms with van der Waals surface area (Å²) >= 11 is 3.37. The summed E-state index contributed by atoms with van der Waals surface area (Å²) in [6, 6.07) is 16.4. The highest BCUT2D eigenvalue weighted by molar-refractivity contribution is 7.99. The lowest BCUT2D eigenvalue weighted by Crippen LogP contribution is -2.32. The number of rotatable bonds is 6. The van der Waals surface area contributed by atoms with E-state index in [0.717, 1.165) is 41.4 Å². The molecule has 4 nitrogen and oxygen atoms in total. The topological polar surface area (TPSA) is 42.4 Å². The molecule has 2 aromatic carbocycles. The Hall–Kier alpha value is -2.05. The molecular weight excluding hydrogens is 376 g/mol. The number of hydrogen-bond donors (Lipinski definition) is 0. The Morgan fingerprint density at radius 1 is 1.26 bits per heavy atom. The monoisotopic (exact) mass is 398 g/mol. The van der Waals surface area contributed by atoms with Gasteiger partial charge in [-0.15, -0.1) is 23.1 Å². The number of thioether (sulfide) groups is 1. The van der Waals surface area contributed by atoms with Crippen LogP contribution in [0.15, 0.2) is 48.5 Å². The van der Waals surface area contributed by atoms with E-state index in [1.165, 1.54) is 10.3 Å². The molecule has 0 saturated carbocycles. The van der Waals surface area contributed by atoms with Gasteiger partial charge in [0, 0.05) is 12.3 Å². The second kappa shape index (κ2) is 8.31. The zero-order chi connectivity index (χ0) is 18.6. The fourth-order valence-electron chi connectivity index (χ4n) is 3.53. The van der Waals surface area contributed by atoms with Crippen LogP contribution in [-0.2, 0) is 10.5 Å². The Labute approximate surface area is 167 Å². The summed E-state index contributed by atoms with van der Waals surface area (Å²) < 4.78 is 6.44. The number of carbonyl (C=O) groups excluding carboxylic acids is 1. The molecule has 0 aliphatic carbocycles. The first-order chi connectivity index (χ1) is 13.2. The first-order valence-corrected chi connectivity index (χ1v) is 11.1. The normalized spacial score (nSPS) is 16.8. The average molecular weight is 399 g/mol. The van der Waals surface area contributed by atoms with Crippen LogP contribution in [0.5, 0.6) is 5.75 Å². The zero-order valence-electron chi connectivity index (χ0n) is 15.3. The molecule has 1 saturated heterocycles. The molecule has 1 aliphatic heterocycles. The minimum atomic E-state index is 0.187. The summed E-state index contributed by atoms with van der Waals surface area (Å²) in [6.07, 6.45) is 2.09. The van der Waals surface area contributed by atoms with Gasteiger partial charge < -0.3 is 9.64 Å². The van der Waals surface area contributed by atoms with Crippen LogP contribution in [-0.4, -0.2) is 35.2 Å². The summed E-state index contributed by atoms with van der Waals surface area (Å²) in [7, 11) is 1.67. The fraction of sp³-hybridized carbons (Fsp3) is 0.333. The maximum Gasteiger partial charge on any atom is 0.233 e. The number of amides is 1. The van der Waals surface area contributed by atoms with E-state index in [-0.39, 0.29) is 11.9 Å². The molecule has 6 heteroatoms. The molecule has 0 N–H and O–H groups in total. The molecule has 0 radical (unpaired) electrons. The maximum atomic E-state index is 12.8. The number of likely N-dealkylation sites (tertiary alicyclic amines) is 1. The Bertz CT molecular complexity index is 890. The van der Waals surface area contributed by atoms with Crippen LogP contribution < -0.4 is 4.74 Å². The van der Waals surface area contributed by atoms with Crippen molar-refractivity contribution >= 4 is 39.2 Å². The summed E-state index contributed by atoms with van der Waals surface area (Å²) in [5, 5.41) is 1.09. The quantitative estimate of drug-likeness (QED) is 0.592. The Balaban J connectivity index is 1.35. The molecule has 1 fully saturated rings.